The second-order valence-electron chi connectivity index (χ2n) is 2.63. The van der Waals surface area contributed by atoms with Crippen LogP contribution < -0.4 is 5.43 Å². The number of aromatic nitrogens is 3. The van der Waals surface area contributed by atoms with Gasteiger partial charge in [-0.15, -0.1) is 0 Å². The van der Waals surface area contributed by atoms with Crippen LogP contribution in [0.25, 0.3) is 0 Å². The third kappa shape index (κ3) is 1.77. The second-order valence-corrected chi connectivity index (χ2v) is 2.63. The van der Waals surface area contributed by atoms with Crippen molar-refractivity contribution in [3.05, 3.63) is 48.8 Å². The van der Waals surface area contributed by atoms with Gasteiger partial charge in [-0.05, 0) is 12.1 Å². The number of amides is 1. The molecule has 0 radical (unpaired) electrons. The molecule has 2 aromatic heterocycles. The number of pyridine rings is 1. The number of imidazole rings is 1. The quantitative estimate of drug-likeness (QED) is 0.753. The van der Waals surface area contributed by atoms with Gasteiger partial charge in [-0.3, -0.25) is 15.2 Å². The van der Waals surface area contributed by atoms with Crippen LogP contribution in [0.15, 0.2) is 43.1 Å². The lowest BCUT2D eigenvalue weighted by Gasteiger charge is -2.03. The van der Waals surface area contributed by atoms with Crippen molar-refractivity contribution in [3.63, 3.8) is 0 Å². The molecule has 70 valence electrons. The molecule has 0 spiro atoms. The van der Waals surface area contributed by atoms with Gasteiger partial charge in [0.05, 0.1) is 0 Å². The highest BCUT2D eigenvalue weighted by Crippen LogP contribution is 1.93. The molecule has 1 amide bonds. The van der Waals surface area contributed by atoms with Gasteiger partial charge in [0, 0.05) is 18.6 Å². The minimum absolute atomic E-state index is 0.261. The Balaban J connectivity index is 2.11. The Bertz CT molecular complexity index is 410. The Morgan fingerprint density at radius 1 is 1.36 bits per heavy atom. The number of hydrogen-bond acceptors (Lipinski definition) is 3. The van der Waals surface area contributed by atoms with Crippen molar-refractivity contribution in [1.82, 2.24) is 14.6 Å². The van der Waals surface area contributed by atoms with Crippen LogP contribution in [0, 0.1) is 0 Å². The van der Waals surface area contributed by atoms with Crippen molar-refractivity contribution >= 4 is 5.91 Å². The first-order valence-corrected chi connectivity index (χ1v) is 4.06. The highest BCUT2D eigenvalue weighted by molar-refractivity contribution is 5.98. The van der Waals surface area contributed by atoms with E-state index < -0.39 is 0 Å². The first-order chi connectivity index (χ1) is 6.86. The van der Waals surface area contributed by atoms with Gasteiger partial charge in [0.15, 0.2) is 0 Å². The van der Waals surface area contributed by atoms with E-state index in [1.165, 1.54) is 11.0 Å². The van der Waals surface area contributed by atoms with Crippen LogP contribution in [0.1, 0.15) is 10.5 Å². The molecule has 0 bridgehead atoms. The first kappa shape index (κ1) is 8.43. The molecule has 1 N–H and O–H groups in total. The normalized spacial score (nSPS) is 9.71. The van der Waals surface area contributed by atoms with Crippen molar-refractivity contribution in [2.75, 3.05) is 5.43 Å². The number of nitrogens with one attached hydrogen (secondary N) is 1. The second kappa shape index (κ2) is 3.69. The van der Waals surface area contributed by atoms with Crippen molar-refractivity contribution in [2.45, 2.75) is 0 Å². The highest BCUT2D eigenvalue weighted by atomic mass is 16.2. The van der Waals surface area contributed by atoms with Gasteiger partial charge in [0.25, 0.3) is 5.91 Å². The van der Waals surface area contributed by atoms with Gasteiger partial charge in [-0.2, -0.15) is 0 Å². The predicted molar refractivity (Wildman–Crippen MR) is 50.2 cm³/mol. The number of carbonyl (C=O) groups excluding carboxylic acids is 1. The van der Waals surface area contributed by atoms with E-state index >= 15 is 0 Å². The van der Waals surface area contributed by atoms with Crippen LogP contribution in [0.3, 0.4) is 0 Å². The maximum Gasteiger partial charge on any atom is 0.288 e. The van der Waals surface area contributed by atoms with Crippen LogP contribution in [0.2, 0.25) is 0 Å². The number of nitrogens with zero attached hydrogens (tertiary/aromatic N) is 3. The molecule has 0 aliphatic heterocycles. The summed E-state index contributed by atoms with van der Waals surface area (Å²) in [6.07, 6.45) is 6.29. The fourth-order valence-electron chi connectivity index (χ4n) is 0.997. The van der Waals surface area contributed by atoms with E-state index in [2.05, 4.69) is 15.4 Å². The Morgan fingerprint density at radius 2 is 2.29 bits per heavy atom. The lowest BCUT2D eigenvalue weighted by Crippen LogP contribution is -2.22. The molecular formula is C9H8N4O. The van der Waals surface area contributed by atoms with Crippen LogP contribution >= 0.6 is 0 Å². The van der Waals surface area contributed by atoms with Crippen LogP contribution in [-0.2, 0) is 0 Å². The maximum absolute atomic E-state index is 11.5. The third-order valence-corrected chi connectivity index (χ3v) is 1.63. The summed E-state index contributed by atoms with van der Waals surface area (Å²) in [5.74, 6) is -0.261. The molecule has 0 aromatic carbocycles. The predicted octanol–water partition coefficient (Wildman–Crippen LogP) is 0.662. The minimum Gasteiger partial charge on any atom is -0.266 e. The summed E-state index contributed by atoms with van der Waals surface area (Å²) >= 11 is 0. The van der Waals surface area contributed by atoms with Gasteiger partial charge in [-0.1, -0.05) is 6.07 Å². The van der Waals surface area contributed by atoms with E-state index in [0.29, 0.717) is 5.69 Å². The summed E-state index contributed by atoms with van der Waals surface area (Å²) in [5.41, 5.74) is 2.97. The van der Waals surface area contributed by atoms with Crippen molar-refractivity contribution in [2.24, 2.45) is 0 Å². The number of rotatable bonds is 2. The van der Waals surface area contributed by atoms with Crippen molar-refractivity contribution in [1.29, 1.82) is 0 Å². The minimum atomic E-state index is -0.261. The fraction of sp³-hybridized carbons (Fsp3) is 0. The molecule has 14 heavy (non-hydrogen) atoms. The zero-order valence-electron chi connectivity index (χ0n) is 7.29. The number of carbonyl (C=O) groups is 1. The molecule has 0 aliphatic carbocycles. The molecule has 0 unspecified atom stereocenters. The molecular weight excluding hydrogens is 180 g/mol. The zero-order chi connectivity index (χ0) is 9.80. The Hall–Kier alpha value is -2.17. The maximum atomic E-state index is 11.5. The Kier molecular flexibility index (Phi) is 2.22. The lowest BCUT2D eigenvalue weighted by molar-refractivity contribution is 0.100. The van der Waals surface area contributed by atoms with E-state index in [-0.39, 0.29) is 5.91 Å². The molecule has 0 saturated heterocycles. The van der Waals surface area contributed by atoms with Gasteiger partial charge < -0.3 is 0 Å². The molecule has 0 fully saturated rings. The smallest absolute Gasteiger partial charge is 0.266 e. The summed E-state index contributed by atoms with van der Waals surface area (Å²) in [6.45, 7) is 0. The van der Waals surface area contributed by atoms with Gasteiger partial charge >= 0.3 is 0 Å². The lowest BCUT2D eigenvalue weighted by atomic mass is 10.3. The zero-order valence-corrected chi connectivity index (χ0v) is 7.29. The van der Waals surface area contributed by atoms with Gasteiger partial charge in [-0.25, -0.2) is 9.66 Å². The summed E-state index contributed by atoms with van der Waals surface area (Å²) in [4.78, 5) is 19.2. The third-order valence-electron chi connectivity index (χ3n) is 1.63. The summed E-state index contributed by atoms with van der Waals surface area (Å²) in [6, 6.07) is 5.16. The van der Waals surface area contributed by atoms with Crippen molar-refractivity contribution < 1.29 is 4.79 Å². The molecule has 5 nitrogen and oxygen atoms in total. The first-order valence-electron chi connectivity index (χ1n) is 4.06. The van der Waals surface area contributed by atoms with Crippen LogP contribution in [-0.4, -0.2) is 20.6 Å². The molecule has 0 atom stereocenters. The highest BCUT2D eigenvalue weighted by Gasteiger charge is 2.04. The van der Waals surface area contributed by atoms with E-state index in [1.807, 2.05) is 0 Å². The molecule has 2 heterocycles. The Labute approximate surface area is 80.4 Å². The van der Waals surface area contributed by atoms with Crippen LogP contribution in [0.5, 0.6) is 0 Å². The summed E-state index contributed by atoms with van der Waals surface area (Å²) in [7, 11) is 0. The molecule has 2 aromatic rings. The fourth-order valence-corrected chi connectivity index (χ4v) is 0.997. The Morgan fingerprint density at radius 3 is 2.93 bits per heavy atom. The number of hydrogen-bond donors (Lipinski definition) is 1. The van der Waals surface area contributed by atoms with E-state index in [4.69, 9.17) is 0 Å². The molecule has 2 rings (SSSR count). The standard InChI is InChI=1S/C9H8N4O/c14-9(8-3-1-2-4-11-8)12-13-6-5-10-7-13/h1-7H,(H,12,14). The van der Waals surface area contributed by atoms with Gasteiger partial charge in [0.2, 0.25) is 0 Å². The molecule has 0 aliphatic rings. The van der Waals surface area contributed by atoms with Crippen LogP contribution in [0.4, 0.5) is 0 Å². The van der Waals surface area contributed by atoms with E-state index in [1.54, 1.807) is 36.8 Å². The van der Waals surface area contributed by atoms with Crippen molar-refractivity contribution in [3.8, 4) is 0 Å². The SMILES string of the molecule is O=C(Nn1ccnc1)c1ccccn1. The average molecular weight is 188 g/mol. The van der Waals surface area contributed by atoms with E-state index in [0.717, 1.165) is 0 Å². The van der Waals surface area contributed by atoms with E-state index in [9.17, 15) is 4.79 Å². The topological polar surface area (TPSA) is 59.8 Å². The average Bonchev–Trinajstić information content (AvgIpc) is 2.72. The molecule has 0 saturated carbocycles. The van der Waals surface area contributed by atoms with Gasteiger partial charge in [0.1, 0.15) is 12.0 Å². The molecule has 5 heteroatoms. The summed E-state index contributed by atoms with van der Waals surface area (Å²) < 4.78 is 1.47. The summed E-state index contributed by atoms with van der Waals surface area (Å²) in [5, 5.41) is 0. The monoisotopic (exact) mass is 188 g/mol. The largest absolute Gasteiger partial charge is 0.288 e.